The fraction of sp³-hybridized carbons (Fsp3) is 0.167. The van der Waals surface area contributed by atoms with Crippen LogP contribution in [0, 0.1) is 24.1 Å². The Morgan fingerprint density at radius 1 is 1.42 bits per heavy atom. The zero-order valence-corrected chi connectivity index (χ0v) is 10.8. The van der Waals surface area contributed by atoms with Gasteiger partial charge in [0.1, 0.15) is 11.6 Å². The first-order valence-electron chi connectivity index (χ1n) is 5.51. The molecule has 0 atom stereocenters. The van der Waals surface area contributed by atoms with Crippen LogP contribution in [-0.2, 0) is 0 Å². The molecular formula is C12H8FN5S. The van der Waals surface area contributed by atoms with Crippen molar-refractivity contribution >= 4 is 28.3 Å². The lowest BCUT2D eigenvalue weighted by molar-refractivity contribution is 0.629. The third-order valence-corrected chi connectivity index (χ3v) is 3.37. The second-order valence-corrected chi connectivity index (χ2v) is 4.84. The number of rotatable bonds is 2. The van der Waals surface area contributed by atoms with Crippen LogP contribution >= 0.6 is 11.8 Å². The molecule has 0 N–H and O–H groups in total. The summed E-state index contributed by atoms with van der Waals surface area (Å²) in [6.45, 7) is 1.78. The van der Waals surface area contributed by atoms with Crippen LogP contribution in [0.2, 0.25) is 0 Å². The van der Waals surface area contributed by atoms with Gasteiger partial charge in [-0.25, -0.2) is 14.4 Å². The van der Waals surface area contributed by atoms with Crippen LogP contribution in [0.1, 0.15) is 5.82 Å². The molecule has 0 bridgehead atoms. The molecule has 0 aliphatic heterocycles. The molecule has 0 unspecified atom stereocenters. The number of halogens is 1. The first kappa shape index (κ1) is 11.9. The lowest BCUT2D eigenvalue weighted by Gasteiger charge is -2.04. The van der Waals surface area contributed by atoms with Crippen molar-refractivity contribution in [3.8, 4) is 6.07 Å². The smallest absolute Gasteiger partial charge is 0.192 e. The van der Waals surface area contributed by atoms with Crippen LogP contribution in [-0.4, -0.2) is 25.3 Å². The van der Waals surface area contributed by atoms with Gasteiger partial charge in [0.15, 0.2) is 10.8 Å². The van der Waals surface area contributed by atoms with Gasteiger partial charge in [0, 0.05) is 11.5 Å². The highest BCUT2D eigenvalue weighted by Crippen LogP contribution is 2.24. The van der Waals surface area contributed by atoms with Gasteiger partial charge in [-0.05, 0) is 19.1 Å². The first-order valence-corrected chi connectivity index (χ1v) is 6.50. The Bertz CT molecular complexity index is 820. The summed E-state index contributed by atoms with van der Waals surface area (Å²) in [4.78, 5) is 8.68. The summed E-state index contributed by atoms with van der Waals surface area (Å²) in [5, 5.41) is 14.2. The quantitative estimate of drug-likeness (QED) is 0.529. The van der Waals surface area contributed by atoms with Gasteiger partial charge in [-0.1, -0.05) is 11.8 Å². The van der Waals surface area contributed by atoms with Crippen LogP contribution in [0.3, 0.4) is 0 Å². The summed E-state index contributed by atoms with van der Waals surface area (Å²) < 4.78 is 14.9. The van der Waals surface area contributed by atoms with Crippen LogP contribution in [0.15, 0.2) is 23.4 Å². The van der Waals surface area contributed by atoms with Crippen molar-refractivity contribution in [1.29, 1.82) is 5.26 Å². The van der Waals surface area contributed by atoms with Crippen molar-refractivity contribution in [2.45, 2.75) is 12.1 Å². The van der Waals surface area contributed by atoms with E-state index in [1.807, 2.05) is 6.07 Å². The average Bonchev–Trinajstić information content (AvgIpc) is 2.77. The van der Waals surface area contributed by atoms with E-state index in [1.165, 1.54) is 23.9 Å². The van der Waals surface area contributed by atoms with E-state index in [9.17, 15) is 4.39 Å². The molecule has 19 heavy (non-hydrogen) atoms. The third-order valence-electron chi connectivity index (χ3n) is 2.58. The molecule has 0 saturated heterocycles. The monoisotopic (exact) mass is 273 g/mol. The molecule has 0 saturated carbocycles. The van der Waals surface area contributed by atoms with Crippen molar-refractivity contribution in [2.75, 3.05) is 5.75 Å². The van der Waals surface area contributed by atoms with Gasteiger partial charge in [-0.15, -0.1) is 5.10 Å². The van der Waals surface area contributed by atoms with Gasteiger partial charge in [0.2, 0.25) is 0 Å². The zero-order valence-electron chi connectivity index (χ0n) is 9.96. The molecule has 7 heteroatoms. The molecule has 0 aliphatic rings. The Kier molecular flexibility index (Phi) is 2.80. The van der Waals surface area contributed by atoms with Crippen LogP contribution in [0.5, 0.6) is 0 Å². The van der Waals surface area contributed by atoms with Crippen LogP contribution in [0.25, 0.3) is 16.6 Å². The maximum atomic E-state index is 13.3. The number of hydrogen-bond donors (Lipinski definition) is 0. The highest BCUT2D eigenvalue weighted by molar-refractivity contribution is 7.99. The number of benzene rings is 1. The maximum Gasteiger partial charge on any atom is 0.192 e. The Hall–Kier alpha value is -2.20. The summed E-state index contributed by atoms with van der Waals surface area (Å²) in [6, 6.07) is 6.40. The molecule has 0 aliphatic carbocycles. The lowest BCUT2D eigenvalue weighted by Crippen LogP contribution is -1.98. The Balaban J connectivity index is 2.36. The second kappa shape index (κ2) is 4.48. The molecule has 3 aromatic rings. The van der Waals surface area contributed by atoms with E-state index in [0.29, 0.717) is 22.1 Å². The summed E-state index contributed by atoms with van der Waals surface area (Å²) in [6.07, 6.45) is 0. The van der Waals surface area contributed by atoms with E-state index in [2.05, 4.69) is 15.1 Å². The predicted octanol–water partition coefficient (Wildman–Crippen LogP) is 2.34. The summed E-state index contributed by atoms with van der Waals surface area (Å²) in [7, 11) is 0. The second-order valence-electron chi connectivity index (χ2n) is 3.90. The maximum absolute atomic E-state index is 13.3. The number of aryl methyl sites for hydroxylation is 1. The molecule has 5 nitrogen and oxygen atoms in total. The van der Waals surface area contributed by atoms with E-state index in [0.717, 1.165) is 5.39 Å². The molecule has 0 amide bonds. The third kappa shape index (κ3) is 2.00. The first-order chi connectivity index (χ1) is 9.19. The predicted molar refractivity (Wildman–Crippen MR) is 69.3 cm³/mol. The highest BCUT2D eigenvalue weighted by Gasteiger charge is 2.12. The minimum Gasteiger partial charge on any atom is -0.222 e. The Labute approximate surface area is 112 Å². The molecule has 3 rings (SSSR count). The van der Waals surface area contributed by atoms with Gasteiger partial charge in [0.05, 0.1) is 17.3 Å². The molecule has 0 fully saturated rings. The van der Waals surface area contributed by atoms with Crippen molar-refractivity contribution in [1.82, 2.24) is 19.6 Å². The standard InChI is InChI=1S/C12H8FN5S/c1-7-15-11-9-3-2-8(13)6-10(9)16-12(18(11)17-7)19-5-4-14/h2-3,6H,5H2,1H3. The van der Waals surface area contributed by atoms with Gasteiger partial charge in [0.25, 0.3) is 0 Å². The molecule has 0 spiro atoms. The molecular weight excluding hydrogens is 265 g/mol. The molecule has 0 radical (unpaired) electrons. The normalized spacial score (nSPS) is 11.0. The van der Waals surface area contributed by atoms with Crippen molar-refractivity contribution in [3.63, 3.8) is 0 Å². The lowest BCUT2D eigenvalue weighted by atomic mass is 10.2. The van der Waals surface area contributed by atoms with Gasteiger partial charge in [-0.2, -0.15) is 9.78 Å². The fourth-order valence-corrected chi connectivity index (χ4v) is 2.46. The minimum absolute atomic E-state index is 0.252. The molecule has 94 valence electrons. The molecule has 2 heterocycles. The summed E-state index contributed by atoms with van der Waals surface area (Å²) in [5.41, 5.74) is 1.14. The SMILES string of the molecule is Cc1nc2c3ccc(F)cc3nc(SCC#N)n2n1. The van der Waals surface area contributed by atoms with Crippen molar-refractivity contribution in [2.24, 2.45) is 0 Å². The number of hydrogen-bond acceptors (Lipinski definition) is 5. The van der Waals surface area contributed by atoms with E-state index >= 15 is 0 Å². The number of nitriles is 1. The van der Waals surface area contributed by atoms with Crippen molar-refractivity contribution in [3.05, 3.63) is 29.8 Å². The van der Waals surface area contributed by atoms with E-state index < -0.39 is 0 Å². The van der Waals surface area contributed by atoms with Gasteiger partial charge >= 0.3 is 0 Å². The minimum atomic E-state index is -0.350. The van der Waals surface area contributed by atoms with Gasteiger partial charge < -0.3 is 0 Å². The zero-order chi connectivity index (χ0) is 13.4. The highest BCUT2D eigenvalue weighted by atomic mass is 32.2. The average molecular weight is 273 g/mol. The van der Waals surface area contributed by atoms with Gasteiger partial charge in [-0.3, -0.25) is 0 Å². The molecule has 1 aromatic carbocycles. The molecule has 2 aromatic heterocycles. The number of thioether (sulfide) groups is 1. The Morgan fingerprint density at radius 3 is 3.05 bits per heavy atom. The number of nitrogens with zero attached hydrogens (tertiary/aromatic N) is 5. The number of fused-ring (bicyclic) bond motifs is 3. The fourth-order valence-electron chi connectivity index (χ4n) is 1.85. The largest absolute Gasteiger partial charge is 0.222 e. The van der Waals surface area contributed by atoms with E-state index in [-0.39, 0.29) is 11.6 Å². The topological polar surface area (TPSA) is 66.9 Å². The van der Waals surface area contributed by atoms with E-state index in [4.69, 9.17) is 5.26 Å². The Morgan fingerprint density at radius 2 is 2.26 bits per heavy atom. The summed E-state index contributed by atoms with van der Waals surface area (Å²) in [5.74, 6) is 0.510. The van der Waals surface area contributed by atoms with Crippen molar-refractivity contribution < 1.29 is 4.39 Å². The summed E-state index contributed by atoms with van der Waals surface area (Å²) >= 11 is 1.25. The van der Waals surface area contributed by atoms with E-state index in [1.54, 1.807) is 17.5 Å². The number of aromatic nitrogens is 4. The van der Waals surface area contributed by atoms with Crippen LogP contribution in [0.4, 0.5) is 4.39 Å². The van der Waals surface area contributed by atoms with Crippen LogP contribution < -0.4 is 0 Å².